The third-order valence-electron chi connectivity index (χ3n) is 13.9. The van der Waals surface area contributed by atoms with Gasteiger partial charge in [0.2, 0.25) is 11.8 Å². The summed E-state index contributed by atoms with van der Waals surface area (Å²) in [5.41, 5.74) is 20.6. The summed E-state index contributed by atoms with van der Waals surface area (Å²) < 4.78 is 12.6. The number of nitrogens with zero attached hydrogens (tertiary/aromatic N) is 4. The molecule has 338 valence electrons. The number of hydrogen-bond acceptors (Lipinski definition) is 6. The first kappa shape index (κ1) is 41.9. The molecule has 0 spiro atoms. The van der Waals surface area contributed by atoms with Crippen LogP contribution in [0.2, 0.25) is 0 Å². The molecule has 13 rings (SSSR count). The second kappa shape index (κ2) is 17.1. The molecule has 0 aliphatic heterocycles. The zero-order valence-electron chi connectivity index (χ0n) is 39.2. The lowest BCUT2D eigenvalue weighted by atomic mass is 9.82. The van der Waals surface area contributed by atoms with Crippen molar-refractivity contribution in [3.63, 3.8) is 0 Å². The maximum Gasteiger partial charge on any atom is 0.227 e. The van der Waals surface area contributed by atoms with E-state index in [-0.39, 0.29) is 5.41 Å². The van der Waals surface area contributed by atoms with Gasteiger partial charge in [0.05, 0.1) is 0 Å². The Balaban J connectivity index is 0.905. The first-order valence-corrected chi connectivity index (χ1v) is 24.0. The van der Waals surface area contributed by atoms with Crippen LogP contribution in [0.15, 0.2) is 251 Å². The van der Waals surface area contributed by atoms with Gasteiger partial charge in [-0.25, -0.2) is 9.97 Å². The van der Waals surface area contributed by atoms with Gasteiger partial charge in [0, 0.05) is 50.7 Å². The molecular weight excluding hydrogens is 869 g/mol. The van der Waals surface area contributed by atoms with Gasteiger partial charge in [0.25, 0.3) is 0 Å². The molecule has 12 aromatic rings. The van der Waals surface area contributed by atoms with Gasteiger partial charge in [-0.1, -0.05) is 147 Å². The molecule has 71 heavy (non-hydrogen) atoms. The number of fused-ring (bicyclic) bond motifs is 5. The normalized spacial score (nSPS) is 12.5. The largest absolute Gasteiger partial charge is 0.436 e. The molecule has 2 aromatic heterocycles. The highest BCUT2D eigenvalue weighted by Crippen LogP contribution is 2.53. The van der Waals surface area contributed by atoms with Gasteiger partial charge in [-0.3, -0.25) is 0 Å². The van der Waals surface area contributed by atoms with Gasteiger partial charge in [0.15, 0.2) is 11.2 Å². The summed E-state index contributed by atoms with van der Waals surface area (Å²) in [4.78, 5) is 14.4. The number of aromatic nitrogens is 2. The summed E-state index contributed by atoms with van der Waals surface area (Å²) in [6.07, 6.45) is 0. The van der Waals surface area contributed by atoms with Crippen molar-refractivity contribution in [2.75, 3.05) is 9.80 Å². The lowest BCUT2D eigenvalue weighted by Gasteiger charge is -2.29. The standard InChI is InChI=1S/C65H46N4O2/c1-65(2)57-41-53(68(49-31-27-45(28-32-49)43-15-5-3-6-16-43)51-21-13-19-47(39-51)63-66-59-23-9-11-25-61(59)70-63)35-37-55(57)56-38-36-54(42-58(56)65)69(50-33-29-46(30-34-50)44-17-7-4-8-18-44)52-22-14-20-48(40-52)64-67-60-24-10-12-26-62(60)71-64/h3-42H,1-2H3. The molecule has 0 radical (unpaired) electrons. The number of benzene rings is 10. The van der Waals surface area contributed by atoms with E-state index in [0.29, 0.717) is 11.8 Å². The zero-order valence-corrected chi connectivity index (χ0v) is 39.2. The molecule has 2 heterocycles. The first-order valence-electron chi connectivity index (χ1n) is 24.0. The highest BCUT2D eigenvalue weighted by atomic mass is 16.4. The molecule has 0 bridgehead atoms. The molecule has 6 heteroatoms. The Kier molecular flexibility index (Phi) is 10.1. The average Bonchev–Trinajstić information content (AvgIpc) is 4.13. The van der Waals surface area contributed by atoms with E-state index < -0.39 is 0 Å². The monoisotopic (exact) mass is 914 g/mol. The Morgan fingerprint density at radius 2 is 0.662 bits per heavy atom. The zero-order chi connectivity index (χ0) is 47.5. The van der Waals surface area contributed by atoms with E-state index in [1.165, 1.54) is 33.4 Å². The number of oxazole rings is 2. The van der Waals surface area contributed by atoms with Gasteiger partial charge in [-0.05, 0) is 154 Å². The number of rotatable bonds is 10. The quantitative estimate of drug-likeness (QED) is 0.136. The van der Waals surface area contributed by atoms with Crippen LogP contribution in [-0.4, -0.2) is 9.97 Å². The van der Waals surface area contributed by atoms with Crippen LogP contribution in [0.1, 0.15) is 25.0 Å². The summed E-state index contributed by atoms with van der Waals surface area (Å²) in [7, 11) is 0. The molecular formula is C65H46N4O2. The van der Waals surface area contributed by atoms with E-state index in [1.807, 2.05) is 48.5 Å². The van der Waals surface area contributed by atoms with Crippen LogP contribution in [0.4, 0.5) is 34.1 Å². The molecule has 1 aliphatic carbocycles. The maximum absolute atomic E-state index is 6.29. The predicted octanol–water partition coefficient (Wildman–Crippen LogP) is 17.9. The fourth-order valence-corrected chi connectivity index (χ4v) is 10.3. The SMILES string of the molecule is CC1(C)c2cc(N(c3ccc(-c4ccccc4)cc3)c3cccc(-c4nc5ccccc5o4)c3)ccc2-c2ccc(N(c3ccc(-c4ccccc4)cc3)c3cccc(-c4nc5ccccc5o4)c3)cc21. The van der Waals surface area contributed by atoms with E-state index in [2.05, 4.69) is 218 Å². The van der Waals surface area contributed by atoms with Crippen LogP contribution < -0.4 is 9.80 Å². The van der Waals surface area contributed by atoms with Crippen molar-refractivity contribution in [3.05, 3.63) is 254 Å². The summed E-state index contributed by atoms with van der Waals surface area (Å²) in [5, 5.41) is 0. The van der Waals surface area contributed by atoms with Crippen LogP contribution >= 0.6 is 0 Å². The topological polar surface area (TPSA) is 58.5 Å². The van der Waals surface area contributed by atoms with E-state index in [9.17, 15) is 0 Å². The highest BCUT2D eigenvalue weighted by Gasteiger charge is 2.37. The molecule has 0 amide bonds. The molecule has 6 nitrogen and oxygen atoms in total. The van der Waals surface area contributed by atoms with Crippen molar-refractivity contribution in [3.8, 4) is 56.3 Å². The Morgan fingerprint density at radius 3 is 1.08 bits per heavy atom. The Labute approximate surface area is 412 Å². The highest BCUT2D eigenvalue weighted by molar-refractivity contribution is 5.90. The van der Waals surface area contributed by atoms with Gasteiger partial charge in [-0.2, -0.15) is 0 Å². The first-order chi connectivity index (χ1) is 34.9. The van der Waals surface area contributed by atoms with Crippen molar-refractivity contribution in [1.82, 2.24) is 9.97 Å². The van der Waals surface area contributed by atoms with Crippen LogP contribution in [0, 0.1) is 0 Å². The van der Waals surface area contributed by atoms with Gasteiger partial charge in [0.1, 0.15) is 11.0 Å². The lowest BCUT2D eigenvalue weighted by molar-refractivity contribution is 0.619. The second-order valence-corrected chi connectivity index (χ2v) is 18.7. The molecule has 0 saturated heterocycles. The van der Waals surface area contributed by atoms with Gasteiger partial charge in [-0.15, -0.1) is 0 Å². The van der Waals surface area contributed by atoms with Crippen molar-refractivity contribution in [2.24, 2.45) is 0 Å². The van der Waals surface area contributed by atoms with E-state index in [0.717, 1.165) is 78.6 Å². The van der Waals surface area contributed by atoms with E-state index in [4.69, 9.17) is 18.8 Å². The summed E-state index contributed by atoms with van der Waals surface area (Å²) >= 11 is 0. The van der Waals surface area contributed by atoms with E-state index in [1.54, 1.807) is 0 Å². The van der Waals surface area contributed by atoms with Crippen molar-refractivity contribution < 1.29 is 8.83 Å². The van der Waals surface area contributed by atoms with Crippen LogP contribution in [0.5, 0.6) is 0 Å². The molecule has 0 unspecified atom stereocenters. The fraction of sp³-hybridized carbons (Fsp3) is 0.0462. The minimum atomic E-state index is -0.345. The summed E-state index contributed by atoms with van der Waals surface area (Å²) in [5.74, 6) is 1.18. The van der Waals surface area contributed by atoms with Crippen LogP contribution in [-0.2, 0) is 5.41 Å². The number of hydrogen-bond donors (Lipinski definition) is 0. The van der Waals surface area contributed by atoms with Crippen molar-refractivity contribution in [1.29, 1.82) is 0 Å². The Bertz CT molecular complexity index is 3590. The van der Waals surface area contributed by atoms with Gasteiger partial charge < -0.3 is 18.6 Å². The lowest BCUT2D eigenvalue weighted by Crippen LogP contribution is -2.17. The smallest absolute Gasteiger partial charge is 0.227 e. The number of para-hydroxylation sites is 4. The average molecular weight is 915 g/mol. The molecule has 10 aromatic carbocycles. The molecule has 0 fully saturated rings. The Morgan fingerprint density at radius 1 is 0.310 bits per heavy atom. The minimum Gasteiger partial charge on any atom is -0.436 e. The summed E-state index contributed by atoms with van der Waals surface area (Å²) in [6.45, 7) is 4.70. The fourth-order valence-electron chi connectivity index (χ4n) is 10.3. The Hall–Kier alpha value is -9.26. The third-order valence-corrected chi connectivity index (χ3v) is 13.9. The van der Waals surface area contributed by atoms with Crippen LogP contribution in [0.3, 0.4) is 0 Å². The predicted molar refractivity (Wildman–Crippen MR) is 290 cm³/mol. The van der Waals surface area contributed by atoms with Crippen LogP contribution in [0.25, 0.3) is 78.5 Å². The minimum absolute atomic E-state index is 0.345. The second-order valence-electron chi connectivity index (χ2n) is 18.7. The molecule has 1 aliphatic rings. The molecule has 0 saturated carbocycles. The maximum atomic E-state index is 6.29. The third kappa shape index (κ3) is 7.54. The van der Waals surface area contributed by atoms with Crippen molar-refractivity contribution >= 4 is 56.3 Å². The molecule has 0 N–H and O–H groups in total. The molecule has 0 atom stereocenters. The van der Waals surface area contributed by atoms with Crippen molar-refractivity contribution in [2.45, 2.75) is 19.3 Å². The number of anilines is 6. The van der Waals surface area contributed by atoms with Gasteiger partial charge >= 0.3 is 0 Å². The summed E-state index contributed by atoms with van der Waals surface area (Å²) in [6, 6.07) is 85.5. The van der Waals surface area contributed by atoms with E-state index >= 15 is 0 Å².